The molecular weight excluding hydrogens is 817 g/mol. The fraction of sp³-hybridized carbons (Fsp3) is 0.242. The van der Waals surface area contributed by atoms with Crippen LogP contribution in [0.15, 0.2) is 182 Å². The van der Waals surface area contributed by atoms with E-state index in [4.69, 9.17) is 9.72 Å². The molecule has 7 aromatic carbocycles. The molecule has 0 saturated carbocycles. The number of anilines is 4. The van der Waals surface area contributed by atoms with Crippen LogP contribution in [0.4, 0.5) is 22.7 Å². The van der Waals surface area contributed by atoms with Crippen LogP contribution in [0, 0.1) is 0 Å². The molecule has 0 unspecified atom stereocenters. The molecule has 0 saturated heterocycles. The standard InChI is InChI=1S/C62H62N4O/c1-59(2,3)44-27-31-54-53(36-44)52-30-29-51(40-56(52)66(54)58-38-45(33-34-63-58)60(4,5)6)67-50-26-18-25-49(39-50)64-41-65(48-24-17-23-46(35-48)61(7,8)42-19-13-11-14-20-42)57-37-47(28-32-55(57)64)62(9,10)43-21-15-12-16-22-43/h11-40H,41H2,1-10H3. The van der Waals surface area contributed by atoms with Crippen molar-refractivity contribution >= 4 is 44.6 Å². The lowest BCUT2D eigenvalue weighted by molar-refractivity contribution is 0.483. The van der Waals surface area contributed by atoms with Crippen LogP contribution in [0.1, 0.15) is 103 Å². The van der Waals surface area contributed by atoms with E-state index in [1.165, 1.54) is 49.8 Å². The van der Waals surface area contributed by atoms with Crippen LogP contribution in [-0.4, -0.2) is 16.2 Å². The Morgan fingerprint density at radius 3 is 1.64 bits per heavy atom. The van der Waals surface area contributed by atoms with Crippen molar-refractivity contribution in [2.24, 2.45) is 0 Å². The summed E-state index contributed by atoms with van der Waals surface area (Å²) < 4.78 is 9.16. The molecule has 1 aliphatic rings. The second-order valence-corrected chi connectivity index (χ2v) is 21.5. The predicted octanol–water partition coefficient (Wildman–Crippen LogP) is 16.5. The molecule has 67 heavy (non-hydrogen) atoms. The van der Waals surface area contributed by atoms with Crippen LogP contribution in [0.5, 0.6) is 11.5 Å². The molecule has 0 aliphatic carbocycles. The van der Waals surface area contributed by atoms with Crippen molar-refractivity contribution < 1.29 is 4.74 Å². The lowest BCUT2D eigenvalue weighted by Gasteiger charge is -2.29. The van der Waals surface area contributed by atoms with Gasteiger partial charge in [-0.3, -0.25) is 4.57 Å². The molecule has 5 heteroatoms. The van der Waals surface area contributed by atoms with E-state index in [2.05, 4.69) is 260 Å². The van der Waals surface area contributed by atoms with Crippen molar-refractivity contribution in [3.63, 3.8) is 0 Å². The first kappa shape index (κ1) is 43.8. The van der Waals surface area contributed by atoms with Crippen LogP contribution < -0.4 is 14.5 Å². The Morgan fingerprint density at radius 1 is 0.403 bits per heavy atom. The highest BCUT2D eigenvalue weighted by molar-refractivity contribution is 6.10. The van der Waals surface area contributed by atoms with Crippen LogP contribution in [0.2, 0.25) is 0 Å². The van der Waals surface area contributed by atoms with Gasteiger partial charge in [0.1, 0.15) is 24.0 Å². The summed E-state index contributed by atoms with van der Waals surface area (Å²) >= 11 is 0. The summed E-state index contributed by atoms with van der Waals surface area (Å²) in [6.07, 6.45) is 1.94. The van der Waals surface area contributed by atoms with E-state index in [-0.39, 0.29) is 21.7 Å². The number of fused-ring (bicyclic) bond motifs is 4. The van der Waals surface area contributed by atoms with Crippen molar-refractivity contribution in [1.82, 2.24) is 9.55 Å². The molecule has 5 nitrogen and oxygen atoms in total. The molecule has 1 aliphatic heterocycles. The molecule has 9 aromatic rings. The minimum Gasteiger partial charge on any atom is -0.457 e. The van der Waals surface area contributed by atoms with Crippen molar-refractivity contribution in [3.8, 4) is 17.3 Å². The predicted molar refractivity (Wildman–Crippen MR) is 282 cm³/mol. The molecule has 0 bridgehead atoms. The molecule has 0 atom stereocenters. The maximum Gasteiger partial charge on any atom is 0.137 e. The van der Waals surface area contributed by atoms with Gasteiger partial charge in [-0.2, -0.15) is 0 Å². The van der Waals surface area contributed by atoms with Gasteiger partial charge in [0.05, 0.1) is 22.4 Å². The molecule has 3 heterocycles. The second kappa shape index (κ2) is 16.3. The summed E-state index contributed by atoms with van der Waals surface area (Å²) in [7, 11) is 0. The van der Waals surface area contributed by atoms with Crippen molar-refractivity contribution in [3.05, 3.63) is 216 Å². The SMILES string of the molecule is CC(C)(C)c1ccnc(-n2c3ccc(C(C)(C)C)cc3c3ccc(Oc4cccc(N5CN(c6cccc(C(C)(C)c7ccccc7)c6)c6cc(C(C)(C)c7ccccc7)ccc65)c4)cc32)c1. The number of hydrogen-bond donors (Lipinski definition) is 0. The van der Waals surface area contributed by atoms with Crippen molar-refractivity contribution in [1.29, 1.82) is 0 Å². The third kappa shape index (κ3) is 8.05. The zero-order valence-electron chi connectivity index (χ0n) is 40.7. The summed E-state index contributed by atoms with van der Waals surface area (Å²) in [5, 5.41) is 2.38. The van der Waals surface area contributed by atoms with E-state index in [9.17, 15) is 0 Å². The Hall–Kier alpha value is -7.11. The summed E-state index contributed by atoms with van der Waals surface area (Å²) in [4.78, 5) is 9.85. The molecule has 0 radical (unpaired) electrons. The number of ether oxygens (including phenoxy) is 1. The van der Waals surface area contributed by atoms with Gasteiger partial charge in [0, 0.05) is 51.3 Å². The highest BCUT2D eigenvalue weighted by Gasteiger charge is 2.33. The first-order valence-electron chi connectivity index (χ1n) is 23.7. The maximum atomic E-state index is 6.86. The van der Waals surface area contributed by atoms with Gasteiger partial charge < -0.3 is 14.5 Å². The Kier molecular flexibility index (Phi) is 10.7. The van der Waals surface area contributed by atoms with Crippen LogP contribution in [-0.2, 0) is 21.7 Å². The summed E-state index contributed by atoms with van der Waals surface area (Å²) in [6, 6.07) is 64.0. The average molecular weight is 879 g/mol. The highest BCUT2D eigenvalue weighted by atomic mass is 16.5. The van der Waals surface area contributed by atoms with Gasteiger partial charge in [0.2, 0.25) is 0 Å². The van der Waals surface area contributed by atoms with Gasteiger partial charge in [-0.05, 0) is 117 Å². The van der Waals surface area contributed by atoms with Gasteiger partial charge in [-0.15, -0.1) is 0 Å². The Balaban J connectivity index is 1.04. The Bertz CT molecular complexity index is 3280. The highest BCUT2D eigenvalue weighted by Crippen LogP contribution is 2.48. The fourth-order valence-electron chi connectivity index (χ4n) is 9.83. The molecular formula is C62H62N4O. The monoisotopic (exact) mass is 878 g/mol. The third-order valence-corrected chi connectivity index (χ3v) is 14.2. The van der Waals surface area contributed by atoms with E-state index >= 15 is 0 Å². The van der Waals surface area contributed by atoms with Crippen LogP contribution >= 0.6 is 0 Å². The number of hydrogen-bond acceptors (Lipinski definition) is 4. The summed E-state index contributed by atoms with van der Waals surface area (Å²) in [5.74, 6) is 2.44. The second-order valence-electron chi connectivity index (χ2n) is 21.5. The van der Waals surface area contributed by atoms with Gasteiger partial charge in [0.25, 0.3) is 0 Å². The summed E-state index contributed by atoms with van der Waals surface area (Å²) in [6.45, 7) is 23.5. The fourth-order valence-corrected chi connectivity index (χ4v) is 9.83. The van der Waals surface area contributed by atoms with Crippen molar-refractivity contribution in [2.45, 2.75) is 90.9 Å². The molecule has 0 amide bonds. The number of benzene rings is 7. The molecule has 0 fully saturated rings. The number of pyridine rings is 1. The van der Waals surface area contributed by atoms with E-state index in [1.807, 2.05) is 6.20 Å². The molecule has 336 valence electrons. The maximum absolute atomic E-state index is 6.86. The topological polar surface area (TPSA) is 33.5 Å². The first-order chi connectivity index (χ1) is 32.0. The van der Waals surface area contributed by atoms with Gasteiger partial charge in [-0.25, -0.2) is 4.98 Å². The summed E-state index contributed by atoms with van der Waals surface area (Å²) in [5.41, 5.74) is 14.0. The lowest BCUT2D eigenvalue weighted by Crippen LogP contribution is -2.25. The van der Waals surface area contributed by atoms with Crippen LogP contribution in [0.3, 0.4) is 0 Å². The molecule has 2 aromatic heterocycles. The van der Waals surface area contributed by atoms with Gasteiger partial charge in [-0.1, -0.05) is 160 Å². The zero-order valence-corrected chi connectivity index (χ0v) is 40.7. The number of rotatable bonds is 9. The largest absolute Gasteiger partial charge is 0.457 e. The van der Waals surface area contributed by atoms with E-state index in [0.717, 1.165) is 45.4 Å². The lowest BCUT2D eigenvalue weighted by atomic mass is 9.77. The Labute approximate surface area is 397 Å². The number of aromatic nitrogens is 2. The molecule has 10 rings (SSSR count). The normalized spacial score (nSPS) is 13.4. The van der Waals surface area contributed by atoms with Gasteiger partial charge in [0.15, 0.2) is 0 Å². The minimum absolute atomic E-state index is 0.0122. The Morgan fingerprint density at radius 2 is 0.970 bits per heavy atom. The number of nitrogens with zero attached hydrogens (tertiary/aromatic N) is 4. The molecule has 0 N–H and O–H groups in total. The first-order valence-corrected chi connectivity index (χ1v) is 23.7. The third-order valence-electron chi connectivity index (χ3n) is 14.2. The van der Waals surface area contributed by atoms with E-state index in [1.54, 1.807) is 0 Å². The minimum atomic E-state index is -0.201. The van der Waals surface area contributed by atoms with Crippen LogP contribution in [0.25, 0.3) is 27.6 Å². The molecule has 0 spiro atoms. The zero-order chi connectivity index (χ0) is 46.9. The average Bonchev–Trinajstić information content (AvgIpc) is 3.87. The smallest absolute Gasteiger partial charge is 0.137 e. The van der Waals surface area contributed by atoms with E-state index < -0.39 is 0 Å². The van der Waals surface area contributed by atoms with Crippen molar-refractivity contribution in [2.75, 3.05) is 16.5 Å². The quantitative estimate of drug-likeness (QED) is 0.145. The van der Waals surface area contributed by atoms with E-state index in [0.29, 0.717) is 6.67 Å². The van der Waals surface area contributed by atoms with Gasteiger partial charge >= 0.3 is 0 Å².